The number of carbonyl (C=O) groups excluding carboxylic acids is 2. The van der Waals surface area contributed by atoms with Gasteiger partial charge in [0.2, 0.25) is 0 Å². The predicted molar refractivity (Wildman–Crippen MR) is 83.2 cm³/mol. The summed E-state index contributed by atoms with van der Waals surface area (Å²) in [7, 11) is 1.32. The normalized spacial score (nSPS) is 12.1. The second kappa shape index (κ2) is 10.1. The molecule has 0 heterocycles. The number of esters is 1. The Bertz CT molecular complexity index is 511. The Morgan fingerprint density at radius 3 is 2.00 bits per heavy atom. The molecule has 0 aliphatic carbocycles. The van der Waals surface area contributed by atoms with E-state index in [4.69, 9.17) is 4.74 Å². The molecule has 0 bridgehead atoms. The number of ketones is 1. The summed E-state index contributed by atoms with van der Waals surface area (Å²) in [6.45, 7) is 3.28. The van der Waals surface area contributed by atoms with Crippen molar-refractivity contribution in [2.45, 2.75) is 26.7 Å². The third kappa shape index (κ3) is 5.28. The molecule has 1 unspecified atom stereocenters. The van der Waals surface area contributed by atoms with Crippen molar-refractivity contribution in [3.63, 3.8) is 0 Å². The van der Waals surface area contributed by atoms with Crippen LogP contribution >= 0.6 is 0 Å². The minimum atomic E-state index is -1.02. The molecule has 0 saturated heterocycles. The van der Waals surface area contributed by atoms with Crippen molar-refractivity contribution in [2.24, 2.45) is 5.41 Å². The quantitative estimate of drug-likeness (QED) is 0.361. The molecule has 4 heteroatoms. The summed E-state index contributed by atoms with van der Waals surface area (Å²) in [5, 5.41) is 0. The second-order valence-corrected chi connectivity index (χ2v) is 4.92. The molecule has 0 fully saturated rings. The predicted octanol–water partition coefficient (Wildman–Crippen LogP) is 3.51. The zero-order valence-corrected chi connectivity index (χ0v) is 14.3. The van der Waals surface area contributed by atoms with Gasteiger partial charge in [-0.3, -0.25) is 9.59 Å². The van der Waals surface area contributed by atoms with Gasteiger partial charge >= 0.3 is 23.0 Å². The van der Waals surface area contributed by atoms with E-state index in [9.17, 15) is 9.59 Å². The molecule has 120 valence electrons. The van der Waals surface area contributed by atoms with Crippen LogP contribution in [0.25, 0.3) is 0 Å². The number of Topliss-reactive ketones (excluding diaryl/α,β-unsaturated/α-hetero) is 1. The van der Waals surface area contributed by atoms with Crippen LogP contribution in [-0.4, -0.2) is 18.9 Å². The maximum atomic E-state index is 11.8. The van der Waals surface area contributed by atoms with E-state index in [1.165, 1.54) is 14.0 Å². The Balaban J connectivity index is 0.000000622. The molecule has 1 atom stereocenters. The van der Waals surface area contributed by atoms with Gasteiger partial charge in [-0.25, -0.2) is 24.3 Å². The van der Waals surface area contributed by atoms with Gasteiger partial charge in [0.25, 0.3) is 0 Å². The Hall–Kier alpha value is -1.64. The molecule has 0 saturated carbocycles. The molecule has 0 radical (unpaired) electrons. The van der Waals surface area contributed by atoms with Crippen LogP contribution in [0.15, 0.2) is 54.6 Å². The van der Waals surface area contributed by atoms with E-state index in [2.05, 4.69) is 0 Å². The zero-order chi connectivity index (χ0) is 15.7. The smallest absolute Gasteiger partial charge is 0.468 e. The minimum Gasteiger partial charge on any atom is -0.468 e. The largest absolute Gasteiger partial charge is 2.00 e. The fraction of sp³-hybridized carbons (Fsp3) is 0.333. The van der Waals surface area contributed by atoms with E-state index in [1.807, 2.05) is 61.5 Å². The first-order valence-electron chi connectivity index (χ1n) is 7.03. The summed E-state index contributed by atoms with van der Waals surface area (Å²) in [6.07, 6.45) is 0.874. The van der Waals surface area contributed by atoms with Gasteiger partial charge in [-0.2, -0.15) is 35.9 Å². The fourth-order valence-electron chi connectivity index (χ4n) is 2.25. The van der Waals surface area contributed by atoms with E-state index < -0.39 is 11.4 Å². The van der Waals surface area contributed by atoms with E-state index in [1.54, 1.807) is 0 Å². The van der Waals surface area contributed by atoms with Gasteiger partial charge < -0.3 is 4.74 Å². The third-order valence-corrected chi connectivity index (χ3v) is 3.65. The molecule has 22 heavy (non-hydrogen) atoms. The Morgan fingerprint density at radius 2 is 1.68 bits per heavy atom. The van der Waals surface area contributed by atoms with E-state index >= 15 is 0 Å². The van der Waals surface area contributed by atoms with Gasteiger partial charge in [-0.15, -0.1) is 0 Å². The van der Waals surface area contributed by atoms with Crippen LogP contribution in [-0.2, 0) is 37.8 Å². The maximum absolute atomic E-state index is 11.8. The zero-order valence-electron chi connectivity index (χ0n) is 13.2. The Morgan fingerprint density at radius 1 is 1.14 bits per heavy atom. The Labute approximate surface area is 142 Å². The summed E-state index contributed by atoms with van der Waals surface area (Å²) in [5.74, 6) is -0.577. The summed E-state index contributed by atoms with van der Waals surface area (Å²) < 4.78 is 4.76. The average molecular weight is 342 g/mol. The monoisotopic (exact) mass is 342 g/mol. The van der Waals surface area contributed by atoms with Gasteiger partial charge in [0.15, 0.2) is 0 Å². The van der Waals surface area contributed by atoms with Crippen LogP contribution in [0.4, 0.5) is 0 Å². The van der Waals surface area contributed by atoms with Crippen molar-refractivity contribution in [3.05, 3.63) is 60.2 Å². The number of methoxy groups -OCH3 is 1. The van der Waals surface area contributed by atoms with Crippen LogP contribution in [0, 0.1) is 5.41 Å². The van der Waals surface area contributed by atoms with E-state index in [0.717, 1.165) is 5.56 Å². The van der Waals surface area contributed by atoms with E-state index in [-0.39, 0.29) is 22.9 Å². The van der Waals surface area contributed by atoms with Crippen LogP contribution in [0.2, 0.25) is 0 Å². The SMILES string of the molecule is CCC(C[c-]1cccc1)(C(C)=O)C(=O)OC.[Fe+2].c1cc[cH-]c1. The van der Waals surface area contributed by atoms with Gasteiger partial charge in [-0.05, 0) is 13.3 Å². The van der Waals surface area contributed by atoms with Crippen LogP contribution in [0.5, 0.6) is 0 Å². The van der Waals surface area contributed by atoms with Crippen molar-refractivity contribution >= 4 is 11.8 Å². The number of hydrogen-bond acceptors (Lipinski definition) is 3. The first-order valence-corrected chi connectivity index (χ1v) is 7.03. The number of hydrogen-bond donors (Lipinski definition) is 0. The summed E-state index contributed by atoms with van der Waals surface area (Å²) >= 11 is 0. The number of carbonyl (C=O) groups is 2. The summed E-state index contributed by atoms with van der Waals surface area (Å²) in [4.78, 5) is 23.5. The fourth-order valence-corrected chi connectivity index (χ4v) is 2.25. The molecule has 0 spiro atoms. The maximum Gasteiger partial charge on any atom is 2.00 e. The average Bonchev–Trinajstić information content (AvgIpc) is 3.19. The van der Waals surface area contributed by atoms with Crippen molar-refractivity contribution in [3.8, 4) is 0 Å². The van der Waals surface area contributed by atoms with Crippen molar-refractivity contribution in [1.29, 1.82) is 0 Å². The van der Waals surface area contributed by atoms with E-state index in [0.29, 0.717) is 12.8 Å². The molecule has 0 aliphatic heterocycles. The number of rotatable bonds is 5. The number of ether oxygens (including phenoxy) is 1. The van der Waals surface area contributed by atoms with Gasteiger partial charge in [-0.1, -0.05) is 13.3 Å². The minimum absolute atomic E-state index is 0. The molecular formula is C18H22FeO3. The molecule has 3 nitrogen and oxygen atoms in total. The molecule has 0 aliphatic rings. The molecule has 0 N–H and O–H groups in total. The molecule has 2 aromatic carbocycles. The van der Waals surface area contributed by atoms with Gasteiger partial charge in [0, 0.05) is 0 Å². The van der Waals surface area contributed by atoms with Crippen molar-refractivity contribution in [1.82, 2.24) is 0 Å². The third-order valence-electron chi connectivity index (χ3n) is 3.65. The summed E-state index contributed by atoms with van der Waals surface area (Å²) in [5.41, 5.74) is -0.0363. The Kier molecular flexibility index (Phi) is 9.39. The van der Waals surface area contributed by atoms with Gasteiger partial charge in [0.1, 0.15) is 11.2 Å². The van der Waals surface area contributed by atoms with Crippen LogP contribution in [0.1, 0.15) is 25.8 Å². The van der Waals surface area contributed by atoms with Gasteiger partial charge in [0.05, 0.1) is 7.11 Å². The molecular weight excluding hydrogens is 320 g/mol. The topological polar surface area (TPSA) is 43.4 Å². The first kappa shape index (κ1) is 20.4. The van der Waals surface area contributed by atoms with Crippen molar-refractivity contribution in [2.75, 3.05) is 7.11 Å². The van der Waals surface area contributed by atoms with Crippen molar-refractivity contribution < 1.29 is 31.4 Å². The first-order chi connectivity index (χ1) is 10.1. The standard InChI is InChI=1S/C13H17O3.C5H5.Fe/c1-4-13(10(2)14,12(15)16-3)9-11-7-5-6-8-11;1-2-4-5-3-1;/h5-8H,4,9H2,1-3H3;1-5H;/q2*-1;+2. The summed E-state index contributed by atoms with van der Waals surface area (Å²) in [6, 6.07) is 17.6. The second-order valence-electron chi connectivity index (χ2n) is 4.92. The van der Waals surface area contributed by atoms with Crippen LogP contribution in [0.3, 0.4) is 0 Å². The molecule has 0 amide bonds. The van der Waals surface area contributed by atoms with Crippen LogP contribution < -0.4 is 0 Å². The molecule has 2 rings (SSSR count). The molecule has 0 aromatic heterocycles. The molecule has 2 aromatic rings.